The van der Waals surface area contributed by atoms with Crippen molar-refractivity contribution in [3.63, 3.8) is 0 Å². The van der Waals surface area contributed by atoms with Crippen LogP contribution in [0, 0.1) is 6.92 Å². The second kappa shape index (κ2) is 5.43. The average molecular weight is 252 g/mol. The van der Waals surface area contributed by atoms with Gasteiger partial charge >= 0.3 is 0 Å². The van der Waals surface area contributed by atoms with Gasteiger partial charge < -0.3 is 4.57 Å². The second-order valence-corrected chi connectivity index (χ2v) is 5.42. The summed E-state index contributed by atoms with van der Waals surface area (Å²) in [6, 6.07) is 11.2. The Morgan fingerprint density at radius 2 is 1.84 bits per heavy atom. The van der Waals surface area contributed by atoms with Gasteiger partial charge in [-0.3, -0.25) is 4.99 Å². The Morgan fingerprint density at radius 3 is 2.58 bits per heavy atom. The van der Waals surface area contributed by atoms with Crippen LogP contribution in [0.5, 0.6) is 0 Å². The SMILES string of the molecule is Cc1ccc(N=Cc2ccn(C3CCCC3)c2)cc1. The Bertz CT molecular complexity index is 557. The summed E-state index contributed by atoms with van der Waals surface area (Å²) in [4.78, 5) is 4.52. The van der Waals surface area contributed by atoms with Crippen molar-refractivity contribution in [3.05, 3.63) is 53.9 Å². The van der Waals surface area contributed by atoms with E-state index in [4.69, 9.17) is 0 Å². The van der Waals surface area contributed by atoms with Gasteiger partial charge in [-0.05, 0) is 38.0 Å². The van der Waals surface area contributed by atoms with Crippen molar-refractivity contribution < 1.29 is 0 Å². The molecule has 1 aliphatic carbocycles. The van der Waals surface area contributed by atoms with Crippen molar-refractivity contribution in [2.24, 2.45) is 4.99 Å². The molecule has 0 radical (unpaired) electrons. The Hall–Kier alpha value is -1.83. The highest BCUT2D eigenvalue weighted by Gasteiger charge is 2.15. The van der Waals surface area contributed by atoms with E-state index < -0.39 is 0 Å². The average Bonchev–Trinajstić information content (AvgIpc) is 3.09. The van der Waals surface area contributed by atoms with Gasteiger partial charge in [0.15, 0.2) is 0 Å². The van der Waals surface area contributed by atoms with Crippen molar-refractivity contribution in [1.82, 2.24) is 4.57 Å². The number of benzene rings is 1. The molecule has 0 amide bonds. The summed E-state index contributed by atoms with van der Waals surface area (Å²) in [7, 11) is 0. The minimum Gasteiger partial charge on any atom is -0.351 e. The Balaban J connectivity index is 1.71. The third-order valence-electron chi connectivity index (χ3n) is 3.88. The highest BCUT2D eigenvalue weighted by atomic mass is 15.0. The summed E-state index contributed by atoms with van der Waals surface area (Å²) in [6.45, 7) is 2.09. The fraction of sp³-hybridized carbons (Fsp3) is 0.353. The number of hydrogen-bond acceptors (Lipinski definition) is 1. The molecule has 0 aliphatic heterocycles. The summed E-state index contributed by atoms with van der Waals surface area (Å²) < 4.78 is 2.35. The van der Waals surface area contributed by atoms with Crippen molar-refractivity contribution in [3.8, 4) is 0 Å². The molecule has 0 unspecified atom stereocenters. The molecular formula is C17H20N2. The van der Waals surface area contributed by atoms with Gasteiger partial charge in [0.05, 0.1) is 5.69 Å². The first-order valence-corrected chi connectivity index (χ1v) is 7.09. The van der Waals surface area contributed by atoms with Gasteiger partial charge in [-0.1, -0.05) is 30.5 Å². The molecular weight excluding hydrogens is 232 g/mol. The minimum atomic E-state index is 0.710. The Labute approximate surface area is 114 Å². The topological polar surface area (TPSA) is 17.3 Å². The van der Waals surface area contributed by atoms with Crippen LogP contribution in [-0.2, 0) is 0 Å². The molecule has 1 saturated carbocycles. The maximum Gasteiger partial charge on any atom is 0.0630 e. The lowest BCUT2D eigenvalue weighted by Crippen LogP contribution is -2.00. The fourth-order valence-corrected chi connectivity index (χ4v) is 2.72. The molecule has 0 spiro atoms. The number of hydrogen-bond donors (Lipinski definition) is 0. The van der Waals surface area contributed by atoms with E-state index in [1.165, 1.54) is 36.8 Å². The first-order valence-electron chi connectivity index (χ1n) is 7.09. The van der Waals surface area contributed by atoms with E-state index in [-0.39, 0.29) is 0 Å². The van der Waals surface area contributed by atoms with Crippen LogP contribution in [-0.4, -0.2) is 10.8 Å². The van der Waals surface area contributed by atoms with E-state index >= 15 is 0 Å². The molecule has 1 aliphatic rings. The summed E-state index contributed by atoms with van der Waals surface area (Å²) in [5.74, 6) is 0. The third kappa shape index (κ3) is 2.95. The van der Waals surface area contributed by atoms with Crippen LogP contribution in [0.2, 0.25) is 0 Å². The molecule has 1 fully saturated rings. The van der Waals surface area contributed by atoms with E-state index in [0.29, 0.717) is 6.04 Å². The molecule has 1 aromatic carbocycles. The van der Waals surface area contributed by atoms with Crippen LogP contribution in [0.4, 0.5) is 5.69 Å². The van der Waals surface area contributed by atoms with Crippen molar-refractivity contribution >= 4 is 11.9 Å². The van der Waals surface area contributed by atoms with Gasteiger partial charge in [0.1, 0.15) is 0 Å². The van der Waals surface area contributed by atoms with Crippen molar-refractivity contribution in [2.45, 2.75) is 38.6 Å². The lowest BCUT2D eigenvalue weighted by atomic mass is 10.2. The van der Waals surface area contributed by atoms with E-state index in [1.807, 2.05) is 6.21 Å². The van der Waals surface area contributed by atoms with Crippen LogP contribution >= 0.6 is 0 Å². The molecule has 98 valence electrons. The van der Waals surface area contributed by atoms with Crippen LogP contribution in [0.1, 0.15) is 42.9 Å². The maximum atomic E-state index is 4.52. The quantitative estimate of drug-likeness (QED) is 0.707. The lowest BCUT2D eigenvalue weighted by Gasteiger charge is -2.10. The van der Waals surface area contributed by atoms with Crippen molar-refractivity contribution in [2.75, 3.05) is 0 Å². The number of nitrogens with zero attached hydrogens (tertiary/aromatic N) is 2. The zero-order chi connectivity index (χ0) is 13.1. The summed E-state index contributed by atoms with van der Waals surface area (Å²) >= 11 is 0. The van der Waals surface area contributed by atoms with E-state index in [2.05, 4.69) is 59.2 Å². The Morgan fingerprint density at radius 1 is 1.11 bits per heavy atom. The highest BCUT2D eigenvalue weighted by molar-refractivity contribution is 5.81. The lowest BCUT2D eigenvalue weighted by molar-refractivity contribution is 0.521. The van der Waals surface area contributed by atoms with Gasteiger partial charge in [0, 0.05) is 30.2 Å². The Kier molecular flexibility index (Phi) is 3.49. The zero-order valence-electron chi connectivity index (χ0n) is 11.4. The smallest absolute Gasteiger partial charge is 0.0630 e. The molecule has 2 heteroatoms. The summed E-state index contributed by atoms with van der Waals surface area (Å²) in [5.41, 5.74) is 3.47. The summed E-state index contributed by atoms with van der Waals surface area (Å²) in [6.07, 6.45) is 11.7. The van der Waals surface area contributed by atoms with Crippen LogP contribution in [0.3, 0.4) is 0 Å². The number of rotatable bonds is 3. The number of aliphatic imine (C=N–C) groups is 1. The second-order valence-electron chi connectivity index (χ2n) is 5.42. The molecule has 2 aromatic rings. The van der Waals surface area contributed by atoms with E-state index in [1.54, 1.807) is 0 Å². The maximum absolute atomic E-state index is 4.52. The van der Waals surface area contributed by atoms with Crippen LogP contribution in [0.25, 0.3) is 0 Å². The predicted molar refractivity (Wildman–Crippen MR) is 80.4 cm³/mol. The number of aryl methyl sites for hydroxylation is 1. The normalized spacial score (nSPS) is 16.5. The van der Waals surface area contributed by atoms with Crippen LogP contribution < -0.4 is 0 Å². The molecule has 3 rings (SSSR count). The van der Waals surface area contributed by atoms with Gasteiger partial charge in [-0.2, -0.15) is 0 Å². The molecule has 0 N–H and O–H groups in total. The molecule has 1 aromatic heterocycles. The largest absolute Gasteiger partial charge is 0.351 e. The molecule has 1 heterocycles. The molecule has 0 atom stereocenters. The molecule has 0 saturated heterocycles. The highest BCUT2D eigenvalue weighted by Crippen LogP contribution is 2.29. The fourth-order valence-electron chi connectivity index (χ4n) is 2.72. The van der Waals surface area contributed by atoms with Crippen molar-refractivity contribution in [1.29, 1.82) is 0 Å². The van der Waals surface area contributed by atoms with Gasteiger partial charge in [-0.25, -0.2) is 0 Å². The van der Waals surface area contributed by atoms with Crippen LogP contribution in [0.15, 0.2) is 47.7 Å². The predicted octanol–water partition coefficient (Wildman–Crippen LogP) is 4.66. The zero-order valence-corrected chi connectivity index (χ0v) is 11.4. The first-order chi connectivity index (χ1) is 9.31. The minimum absolute atomic E-state index is 0.710. The van der Waals surface area contributed by atoms with Gasteiger partial charge in [0.25, 0.3) is 0 Å². The third-order valence-corrected chi connectivity index (χ3v) is 3.88. The van der Waals surface area contributed by atoms with E-state index in [9.17, 15) is 0 Å². The van der Waals surface area contributed by atoms with Gasteiger partial charge in [0.2, 0.25) is 0 Å². The standard InChI is InChI=1S/C17H20N2/c1-14-6-8-16(9-7-14)18-12-15-10-11-19(13-15)17-4-2-3-5-17/h6-13,17H,2-5H2,1H3. The van der Waals surface area contributed by atoms with Gasteiger partial charge in [-0.15, -0.1) is 0 Å². The number of aromatic nitrogens is 1. The van der Waals surface area contributed by atoms with E-state index in [0.717, 1.165) is 5.69 Å². The molecule has 19 heavy (non-hydrogen) atoms. The molecule has 0 bridgehead atoms. The summed E-state index contributed by atoms with van der Waals surface area (Å²) in [5, 5.41) is 0. The molecule has 2 nitrogen and oxygen atoms in total. The first kappa shape index (κ1) is 12.2. The monoisotopic (exact) mass is 252 g/mol.